The fourth-order valence-corrected chi connectivity index (χ4v) is 3.22. The van der Waals surface area contributed by atoms with Gasteiger partial charge in [-0.1, -0.05) is 19.4 Å². The molecule has 1 heterocycles. The Kier molecular flexibility index (Phi) is 5.22. The number of halogens is 1. The lowest BCUT2D eigenvalue weighted by Gasteiger charge is -2.14. The second-order valence-corrected chi connectivity index (χ2v) is 5.37. The highest BCUT2D eigenvalue weighted by molar-refractivity contribution is 7.14. The van der Waals surface area contributed by atoms with Crippen molar-refractivity contribution in [2.24, 2.45) is 5.73 Å². The molecule has 1 aromatic rings. The first-order valence-corrected chi connectivity index (χ1v) is 6.70. The minimum Gasteiger partial charge on any atom is -0.383 e. The van der Waals surface area contributed by atoms with Gasteiger partial charge in [-0.3, -0.25) is 5.41 Å². The lowest BCUT2D eigenvalue weighted by atomic mass is 9.92. The monoisotopic (exact) mass is 270 g/mol. The number of hydrogen-bond acceptors (Lipinski definition) is 2. The van der Waals surface area contributed by atoms with E-state index in [2.05, 4.69) is 19.1 Å². The van der Waals surface area contributed by atoms with Gasteiger partial charge in [0.25, 0.3) is 0 Å². The standard InChI is InChI=1S/C13H18N2S.ClH/c1-2-3-5-9-6-4-7-11-10(9)8-12(16-11)13(14)15;/h5,8H,2-4,6-7H2,1H3,(H3,14,15);1H/b9-5+;. The summed E-state index contributed by atoms with van der Waals surface area (Å²) in [5.41, 5.74) is 8.37. The number of amidine groups is 1. The highest BCUT2D eigenvalue weighted by atomic mass is 35.5. The van der Waals surface area contributed by atoms with Crippen LogP contribution < -0.4 is 5.73 Å². The van der Waals surface area contributed by atoms with Crippen LogP contribution in [0.15, 0.2) is 12.1 Å². The molecule has 0 saturated heterocycles. The average Bonchev–Trinajstić information content (AvgIpc) is 2.70. The van der Waals surface area contributed by atoms with Crippen molar-refractivity contribution in [3.05, 3.63) is 27.5 Å². The second kappa shape index (κ2) is 6.22. The molecule has 0 radical (unpaired) electrons. The van der Waals surface area contributed by atoms with Crippen molar-refractivity contribution in [3.8, 4) is 0 Å². The van der Waals surface area contributed by atoms with E-state index in [4.69, 9.17) is 11.1 Å². The minimum atomic E-state index is 0. The molecule has 0 spiro atoms. The van der Waals surface area contributed by atoms with Crippen LogP contribution in [0.4, 0.5) is 0 Å². The molecule has 0 fully saturated rings. The number of nitrogens with one attached hydrogen (secondary N) is 1. The molecule has 0 amide bonds. The van der Waals surface area contributed by atoms with Gasteiger partial charge in [0.2, 0.25) is 0 Å². The van der Waals surface area contributed by atoms with Gasteiger partial charge in [0.1, 0.15) is 5.84 Å². The lowest BCUT2D eigenvalue weighted by molar-refractivity contribution is 0.831. The van der Waals surface area contributed by atoms with E-state index in [9.17, 15) is 0 Å². The normalized spacial score (nSPS) is 16.4. The molecule has 0 bridgehead atoms. The van der Waals surface area contributed by atoms with Crippen molar-refractivity contribution in [3.63, 3.8) is 0 Å². The molecule has 94 valence electrons. The number of thiophene rings is 1. The number of fused-ring (bicyclic) bond motifs is 1. The predicted molar refractivity (Wildman–Crippen MR) is 78.4 cm³/mol. The summed E-state index contributed by atoms with van der Waals surface area (Å²) in [5, 5.41) is 7.49. The maximum absolute atomic E-state index is 7.49. The summed E-state index contributed by atoms with van der Waals surface area (Å²) in [4.78, 5) is 2.34. The summed E-state index contributed by atoms with van der Waals surface area (Å²) in [6, 6.07) is 2.10. The molecule has 0 atom stereocenters. The molecular formula is C13H19ClN2S. The quantitative estimate of drug-likeness (QED) is 0.634. The molecule has 4 heteroatoms. The van der Waals surface area contributed by atoms with Crippen molar-refractivity contribution < 1.29 is 0 Å². The summed E-state index contributed by atoms with van der Waals surface area (Å²) in [6.45, 7) is 2.20. The number of allylic oxidation sites excluding steroid dienone is 2. The SMILES string of the molecule is CCC/C=C1\CCCc2sc(C(=N)N)cc21.Cl. The van der Waals surface area contributed by atoms with Gasteiger partial charge >= 0.3 is 0 Å². The first kappa shape index (κ1) is 14.3. The van der Waals surface area contributed by atoms with Crippen molar-refractivity contribution >= 4 is 35.2 Å². The summed E-state index contributed by atoms with van der Waals surface area (Å²) < 4.78 is 0. The molecule has 1 aliphatic carbocycles. The molecule has 17 heavy (non-hydrogen) atoms. The van der Waals surface area contributed by atoms with E-state index < -0.39 is 0 Å². The van der Waals surface area contributed by atoms with Gasteiger partial charge in [0.15, 0.2) is 0 Å². The Morgan fingerprint density at radius 1 is 1.53 bits per heavy atom. The maximum atomic E-state index is 7.49. The number of hydrogen-bond donors (Lipinski definition) is 2. The van der Waals surface area contributed by atoms with Crippen LogP contribution in [0, 0.1) is 5.41 Å². The van der Waals surface area contributed by atoms with Crippen molar-refractivity contribution in [2.45, 2.75) is 39.0 Å². The Hall–Kier alpha value is -0.800. The number of nitrogen functional groups attached to an aromatic ring is 1. The Morgan fingerprint density at radius 3 is 2.94 bits per heavy atom. The fraction of sp³-hybridized carbons (Fsp3) is 0.462. The third-order valence-electron chi connectivity index (χ3n) is 2.95. The Bertz CT molecular complexity index is 435. The van der Waals surface area contributed by atoms with E-state index in [0.717, 1.165) is 17.7 Å². The van der Waals surface area contributed by atoms with E-state index in [1.54, 1.807) is 11.3 Å². The minimum absolute atomic E-state index is 0. The molecule has 1 aliphatic rings. The summed E-state index contributed by atoms with van der Waals surface area (Å²) in [6.07, 6.45) is 8.27. The summed E-state index contributed by atoms with van der Waals surface area (Å²) in [7, 11) is 0. The number of aryl methyl sites for hydroxylation is 1. The number of unbranched alkanes of at least 4 members (excludes halogenated alkanes) is 1. The van der Waals surface area contributed by atoms with Crippen LogP contribution in [0.1, 0.15) is 47.9 Å². The molecule has 0 unspecified atom stereocenters. The highest BCUT2D eigenvalue weighted by Crippen LogP contribution is 2.36. The first-order chi connectivity index (χ1) is 7.72. The zero-order valence-corrected chi connectivity index (χ0v) is 11.7. The predicted octanol–water partition coefficient (Wildman–Crippen LogP) is 3.97. The van der Waals surface area contributed by atoms with E-state index >= 15 is 0 Å². The fourth-order valence-electron chi connectivity index (χ4n) is 2.12. The molecular weight excluding hydrogens is 252 g/mol. The van der Waals surface area contributed by atoms with Crippen LogP contribution in [0.5, 0.6) is 0 Å². The van der Waals surface area contributed by atoms with E-state index in [-0.39, 0.29) is 18.2 Å². The largest absolute Gasteiger partial charge is 0.383 e. The summed E-state index contributed by atoms with van der Waals surface area (Å²) in [5.74, 6) is 0.203. The summed E-state index contributed by atoms with van der Waals surface area (Å²) >= 11 is 1.69. The van der Waals surface area contributed by atoms with Crippen LogP contribution in [0.2, 0.25) is 0 Å². The third-order valence-corrected chi connectivity index (χ3v) is 4.18. The zero-order valence-electron chi connectivity index (χ0n) is 10.1. The van der Waals surface area contributed by atoms with Crippen LogP contribution in [-0.4, -0.2) is 5.84 Å². The zero-order chi connectivity index (χ0) is 11.5. The van der Waals surface area contributed by atoms with Crippen LogP contribution >= 0.6 is 23.7 Å². The average molecular weight is 271 g/mol. The third kappa shape index (κ3) is 3.11. The van der Waals surface area contributed by atoms with Crippen LogP contribution in [0.25, 0.3) is 5.57 Å². The van der Waals surface area contributed by atoms with Gasteiger partial charge in [-0.2, -0.15) is 0 Å². The molecule has 2 nitrogen and oxygen atoms in total. The Morgan fingerprint density at radius 2 is 2.29 bits per heavy atom. The van der Waals surface area contributed by atoms with Crippen molar-refractivity contribution in [1.29, 1.82) is 5.41 Å². The molecule has 3 N–H and O–H groups in total. The van der Waals surface area contributed by atoms with E-state index in [1.165, 1.54) is 35.3 Å². The molecule has 1 aromatic heterocycles. The molecule has 0 saturated carbocycles. The van der Waals surface area contributed by atoms with Gasteiger partial charge in [-0.05, 0) is 42.9 Å². The number of nitrogens with two attached hydrogens (primary N) is 1. The molecule has 2 rings (SSSR count). The van der Waals surface area contributed by atoms with Gasteiger partial charge in [-0.15, -0.1) is 23.7 Å². The first-order valence-electron chi connectivity index (χ1n) is 5.89. The molecule has 0 aliphatic heterocycles. The lowest BCUT2D eigenvalue weighted by Crippen LogP contribution is -2.08. The van der Waals surface area contributed by atoms with Crippen LogP contribution in [-0.2, 0) is 6.42 Å². The van der Waals surface area contributed by atoms with Gasteiger partial charge in [-0.25, -0.2) is 0 Å². The highest BCUT2D eigenvalue weighted by Gasteiger charge is 2.18. The van der Waals surface area contributed by atoms with Gasteiger partial charge in [0, 0.05) is 4.88 Å². The van der Waals surface area contributed by atoms with Gasteiger partial charge < -0.3 is 5.73 Å². The maximum Gasteiger partial charge on any atom is 0.133 e. The van der Waals surface area contributed by atoms with E-state index in [1.807, 2.05) is 0 Å². The van der Waals surface area contributed by atoms with Crippen molar-refractivity contribution in [1.82, 2.24) is 0 Å². The van der Waals surface area contributed by atoms with Crippen molar-refractivity contribution in [2.75, 3.05) is 0 Å². The Balaban J connectivity index is 0.00000144. The van der Waals surface area contributed by atoms with Crippen LogP contribution in [0.3, 0.4) is 0 Å². The Labute approximate surface area is 113 Å². The topological polar surface area (TPSA) is 49.9 Å². The smallest absolute Gasteiger partial charge is 0.133 e. The number of rotatable bonds is 3. The molecule has 0 aromatic carbocycles. The van der Waals surface area contributed by atoms with E-state index in [0.29, 0.717) is 0 Å². The van der Waals surface area contributed by atoms with Gasteiger partial charge in [0.05, 0.1) is 4.88 Å². The second-order valence-electron chi connectivity index (χ2n) is 4.23.